The van der Waals surface area contributed by atoms with Crippen molar-refractivity contribution in [2.45, 2.75) is 9.79 Å². The van der Waals surface area contributed by atoms with Crippen LogP contribution in [0.2, 0.25) is 0 Å². The molecule has 0 spiro atoms. The molecule has 0 aromatic heterocycles. The van der Waals surface area contributed by atoms with Gasteiger partial charge in [-0.05, 0) is 12.1 Å². The van der Waals surface area contributed by atoms with Crippen molar-refractivity contribution >= 4 is 69.6 Å². The third-order valence-corrected chi connectivity index (χ3v) is 5.83. The van der Waals surface area contributed by atoms with Gasteiger partial charge in [0.1, 0.15) is 0 Å². The van der Waals surface area contributed by atoms with Gasteiger partial charge in [0.15, 0.2) is 0 Å². The average Bonchev–Trinajstić information content (AvgIpc) is 2.91. The molecule has 14 N–H and O–H groups in total. The third kappa shape index (κ3) is 8.31. The molecule has 0 amide bonds. The smallest absolute Gasteiger partial charge is 0.858 e. The van der Waals surface area contributed by atoms with Gasteiger partial charge in [0, 0.05) is 22.9 Å². The first kappa shape index (κ1) is 44.0. The molecule has 0 radical (unpaired) electrons. The predicted molar refractivity (Wildman–Crippen MR) is 111 cm³/mol. The van der Waals surface area contributed by atoms with E-state index >= 15 is 0 Å². The first-order valence-electron chi connectivity index (χ1n) is 6.45. The Kier molecular flexibility index (Phi) is 22.0. The molecule has 18 heteroatoms. The predicted octanol–water partition coefficient (Wildman–Crippen LogP) is -7.16. The van der Waals surface area contributed by atoms with Gasteiger partial charge in [0.25, 0.3) is 20.0 Å². The van der Waals surface area contributed by atoms with Crippen LogP contribution < -0.4 is 10.2 Å². The molecule has 4 rings (SSSR count). The van der Waals surface area contributed by atoms with Crippen molar-refractivity contribution < 1.29 is 65.4 Å². The Labute approximate surface area is 212 Å². The molecule has 0 aliphatic carbocycles. The van der Waals surface area contributed by atoms with Crippen molar-refractivity contribution in [3.63, 3.8) is 0 Å². The summed E-state index contributed by atoms with van der Waals surface area (Å²) in [6.07, 6.45) is 0. The van der Waals surface area contributed by atoms with Crippen molar-refractivity contribution in [3.05, 3.63) is 59.7 Å². The van der Waals surface area contributed by atoms with E-state index in [-0.39, 0.29) is 97.0 Å². The number of fused-ring (bicyclic) bond motifs is 2. The van der Waals surface area contributed by atoms with Crippen LogP contribution in [0.3, 0.4) is 0 Å². The SMILES string of the molecule is O.O.O.O.O.O.O.O=S1(=O)N=C([O-])c2ccccc21.O=S1(=O)N=C([O-])c2ccccc21.[Ca+2]. The van der Waals surface area contributed by atoms with Gasteiger partial charge in [-0.15, -0.1) is 0 Å². The molecule has 0 atom stereocenters. The van der Waals surface area contributed by atoms with Crippen LogP contribution in [0, 0.1) is 0 Å². The molecule has 2 heterocycles. The number of rotatable bonds is 0. The van der Waals surface area contributed by atoms with E-state index in [1.54, 1.807) is 24.3 Å². The Balaban J connectivity index is -0.0000000845. The van der Waals surface area contributed by atoms with Crippen LogP contribution >= 0.6 is 0 Å². The Bertz CT molecular complexity index is 1030. The molecule has 0 unspecified atom stereocenters. The third-order valence-electron chi connectivity index (χ3n) is 3.20. The Morgan fingerprint density at radius 3 is 1.03 bits per heavy atom. The molecule has 2 aromatic carbocycles. The number of sulfonamides is 2. The Hall–Kier alpha value is -1.74. The van der Waals surface area contributed by atoms with Gasteiger partial charge >= 0.3 is 37.7 Å². The molecule has 0 saturated heterocycles. The second-order valence-electron chi connectivity index (χ2n) is 4.74. The van der Waals surface area contributed by atoms with E-state index in [0.717, 1.165) is 0 Å². The maximum Gasteiger partial charge on any atom is 2.00 e. The molecule has 2 aromatic rings. The van der Waals surface area contributed by atoms with Crippen LogP contribution in [-0.4, -0.2) is 105 Å². The second-order valence-corrected chi connectivity index (χ2v) is 7.88. The zero-order chi connectivity index (χ0) is 17.5. The zero-order valence-corrected chi connectivity index (χ0v) is 19.8. The standard InChI is InChI=1S/2C7H5NO3S.Ca.7H2O/c2*9-7-5-3-1-2-4-6(5)12(10,11)8-7;;;;;;;;/h2*1-4H,(H,8,9);;7*1H2/q;;+2;;;;;;;/p-2. The molecule has 0 saturated carbocycles. The van der Waals surface area contributed by atoms with Crippen molar-refractivity contribution in [2.24, 2.45) is 8.80 Å². The summed E-state index contributed by atoms with van der Waals surface area (Å²) in [4.78, 5) is 0.0185. The summed E-state index contributed by atoms with van der Waals surface area (Å²) >= 11 is 0. The summed E-state index contributed by atoms with van der Waals surface area (Å²) in [5.74, 6) is -1.35. The summed E-state index contributed by atoms with van der Waals surface area (Å²) in [7, 11) is -7.36. The van der Waals surface area contributed by atoms with Crippen LogP contribution in [0.1, 0.15) is 11.1 Å². The van der Waals surface area contributed by atoms with Gasteiger partial charge in [-0.1, -0.05) is 36.4 Å². The Morgan fingerprint density at radius 1 is 0.531 bits per heavy atom. The minimum Gasteiger partial charge on any atom is -0.858 e. The molecular weight excluding hydrogens is 508 g/mol. The van der Waals surface area contributed by atoms with E-state index in [9.17, 15) is 27.0 Å². The topological polar surface area (TPSA) is 360 Å². The summed E-state index contributed by atoms with van der Waals surface area (Å²) in [6.45, 7) is 0. The summed E-state index contributed by atoms with van der Waals surface area (Å²) in [5, 5.41) is 21.9. The summed E-state index contributed by atoms with van der Waals surface area (Å²) in [6, 6.07) is 12.0. The number of nitrogens with zero attached hydrogens (tertiary/aromatic N) is 2. The minimum absolute atomic E-state index is 0. The van der Waals surface area contributed by atoms with Crippen LogP contribution in [0.4, 0.5) is 0 Å². The second kappa shape index (κ2) is 16.0. The molecule has 2 aliphatic rings. The van der Waals surface area contributed by atoms with Gasteiger partial charge in [-0.25, -0.2) is 0 Å². The zero-order valence-electron chi connectivity index (χ0n) is 16.0. The first-order valence-corrected chi connectivity index (χ1v) is 9.33. The van der Waals surface area contributed by atoms with Crippen LogP contribution in [0.15, 0.2) is 67.1 Å². The van der Waals surface area contributed by atoms with Gasteiger partial charge in [0.05, 0.1) is 9.79 Å². The number of benzene rings is 2. The summed E-state index contributed by atoms with van der Waals surface area (Å²) in [5.41, 5.74) is 0.329. The van der Waals surface area contributed by atoms with E-state index in [1.165, 1.54) is 24.3 Å². The van der Waals surface area contributed by atoms with E-state index < -0.39 is 31.8 Å². The van der Waals surface area contributed by atoms with Gasteiger partial charge in [0.2, 0.25) is 0 Å². The van der Waals surface area contributed by atoms with Crippen LogP contribution in [-0.2, 0) is 20.0 Å². The molecule has 15 nitrogen and oxygen atoms in total. The normalized spacial score (nSPS) is 13.9. The largest absolute Gasteiger partial charge is 2.00 e. The van der Waals surface area contributed by atoms with E-state index in [4.69, 9.17) is 0 Å². The van der Waals surface area contributed by atoms with Gasteiger partial charge < -0.3 is 48.5 Å². The minimum atomic E-state index is -3.68. The first-order chi connectivity index (χ1) is 11.2. The monoisotopic (exact) mass is 530 g/mol. The molecule has 180 valence electrons. The van der Waals surface area contributed by atoms with Crippen molar-refractivity contribution in [3.8, 4) is 0 Å². The van der Waals surface area contributed by atoms with E-state index in [0.29, 0.717) is 0 Å². The van der Waals surface area contributed by atoms with Crippen molar-refractivity contribution in [1.82, 2.24) is 0 Å². The van der Waals surface area contributed by atoms with Crippen LogP contribution in [0.5, 0.6) is 0 Å². The van der Waals surface area contributed by atoms with E-state index in [2.05, 4.69) is 8.80 Å². The quantitative estimate of drug-likeness (QED) is 0.297. The Morgan fingerprint density at radius 2 is 0.781 bits per heavy atom. The fraction of sp³-hybridized carbons (Fsp3) is 0. The van der Waals surface area contributed by atoms with Gasteiger partial charge in [-0.2, -0.15) is 25.6 Å². The molecular formula is C14H22CaN2O13S2. The average molecular weight is 531 g/mol. The fourth-order valence-corrected chi connectivity index (χ4v) is 4.35. The molecule has 0 fully saturated rings. The molecule has 0 bridgehead atoms. The van der Waals surface area contributed by atoms with Gasteiger partial charge in [-0.3, -0.25) is 0 Å². The number of hydrogen-bond acceptors (Lipinski definition) is 6. The number of hydrogen-bond donors (Lipinski definition) is 0. The fourth-order valence-electron chi connectivity index (χ4n) is 2.15. The maximum absolute atomic E-state index is 11.1. The van der Waals surface area contributed by atoms with Crippen molar-refractivity contribution in [1.29, 1.82) is 0 Å². The molecule has 2 aliphatic heterocycles. The van der Waals surface area contributed by atoms with Crippen molar-refractivity contribution in [2.75, 3.05) is 0 Å². The van der Waals surface area contributed by atoms with Crippen LogP contribution in [0.25, 0.3) is 0 Å². The summed E-state index contributed by atoms with van der Waals surface area (Å²) < 4.78 is 50.3. The van der Waals surface area contributed by atoms with E-state index in [1.807, 2.05) is 0 Å². The molecule has 32 heavy (non-hydrogen) atoms. The maximum atomic E-state index is 11.1.